The summed E-state index contributed by atoms with van der Waals surface area (Å²) in [5.41, 5.74) is 1.97. The number of hydrogen-bond donors (Lipinski definition) is 3. The zero-order chi connectivity index (χ0) is 29.9. The lowest BCUT2D eigenvalue weighted by Gasteiger charge is -2.45. The number of carbonyl (C=O) groups excluding carboxylic acids is 1. The fourth-order valence-electron chi connectivity index (χ4n) is 5.67. The van der Waals surface area contributed by atoms with Gasteiger partial charge in [0.05, 0.1) is 24.4 Å². The fourth-order valence-corrected chi connectivity index (χ4v) is 6.55. The molecule has 0 spiro atoms. The molecule has 3 N–H and O–H groups in total. The van der Waals surface area contributed by atoms with Crippen molar-refractivity contribution in [2.45, 2.75) is 49.4 Å². The SMILES string of the molecule is COc1ccc([C@@]23CC[C@@H](NC(=O)Nc4nc5ccc(F)cc5s4)C[C@@H]2N(C)CC3)cc1OC.O=C(O)C(F)(F)F. The fraction of sp³-hybridized carbons (Fsp3) is 0.444. The van der Waals surface area contributed by atoms with E-state index >= 15 is 0 Å². The number of amides is 2. The van der Waals surface area contributed by atoms with Crippen molar-refractivity contribution < 1.29 is 41.7 Å². The molecular weight excluding hydrogens is 568 g/mol. The lowest BCUT2D eigenvalue weighted by molar-refractivity contribution is -0.192. The Balaban J connectivity index is 0.000000493. The average Bonchev–Trinajstić information content (AvgIpc) is 3.48. The molecule has 0 bridgehead atoms. The molecule has 2 heterocycles. The van der Waals surface area contributed by atoms with Crippen molar-refractivity contribution in [1.82, 2.24) is 15.2 Å². The molecule has 0 unspecified atom stereocenters. The van der Waals surface area contributed by atoms with Crippen LogP contribution in [0.25, 0.3) is 10.2 Å². The van der Waals surface area contributed by atoms with Crippen LogP contribution in [0.2, 0.25) is 0 Å². The molecule has 1 aliphatic heterocycles. The number of aromatic nitrogens is 1. The van der Waals surface area contributed by atoms with Gasteiger partial charge < -0.3 is 24.8 Å². The molecule has 2 fully saturated rings. The third-order valence-corrected chi connectivity index (χ3v) is 8.57. The van der Waals surface area contributed by atoms with E-state index < -0.39 is 12.1 Å². The second-order valence-corrected chi connectivity index (χ2v) is 11.0. The van der Waals surface area contributed by atoms with E-state index in [9.17, 15) is 22.4 Å². The molecule has 14 heteroatoms. The quantitative estimate of drug-likeness (QED) is 0.337. The third-order valence-electron chi connectivity index (χ3n) is 7.63. The van der Waals surface area contributed by atoms with E-state index in [1.807, 2.05) is 6.07 Å². The first-order valence-electron chi connectivity index (χ1n) is 12.7. The number of carboxylic acids is 1. The number of carboxylic acid groups (broad SMARTS) is 1. The number of aliphatic carboxylic acids is 1. The van der Waals surface area contributed by atoms with Crippen molar-refractivity contribution in [3.05, 3.63) is 47.8 Å². The predicted octanol–water partition coefficient (Wildman–Crippen LogP) is 5.40. The summed E-state index contributed by atoms with van der Waals surface area (Å²) in [7, 11) is 5.48. The molecule has 5 rings (SSSR count). The third kappa shape index (κ3) is 6.64. The number of alkyl halides is 3. The predicted molar refractivity (Wildman–Crippen MR) is 145 cm³/mol. The number of rotatable bonds is 5. The van der Waals surface area contributed by atoms with Crippen molar-refractivity contribution in [2.75, 3.05) is 33.1 Å². The molecule has 2 aliphatic rings. The molecule has 3 aromatic rings. The van der Waals surface area contributed by atoms with Gasteiger partial charge in [0.25, 0.3) is 0 Å². The van der Waals surface area contributed by atoms with Crippen LogP contribution >= 0.6 is 11.3 Å². The molecule has 9 nitrogen and oxygen atoms in total. The largest absolute Gasteiger partial charge is 0.493 e. The highest BCUT2D eigenvalue weighted by atomic mass is 32.1. The van der Waals surface area contributed by atoms with Gasteiger partial charge in [0.2, 0.25) is 0 Å². The molecule has 3 atom stereocenters. The van der Waals surface area contributed by atoms with Crippen molar-refractivity contribution >= 4 is 38.7 Å². The van der Waals surface area contributed by atoms with Crippen molar-refractivity contribution in [2.24, 2.45) is 0 Å². The summed E-state index contributed by atoms with van der Waals surface area (Å²) in [4.78, 5) is 28.4. The maximum Gasteiger partial charge on any atom is 0.490 e. The van der Waals surface area contributed by atoms with E-state index in [-0.39, 0.29) is 23.3 Å². The minimum absolute atomic E-state index is 0.0278. The maximum atomic E-state index is 13.5. The molecule has 41 heavy (non-hydrogen) atoms. The summed E-state index contributed by atoms with van der Waals surface area (Å²) in [6.45, 7) is 1.01. The van der Waals surface area contributed by atoms with E-state index in [2.05, 4.69) is 39.7 Å². The number of hydrogen-bond acceptors (Lipinski definition) is 7. The van der Waals surface area contributed by atoms with Gasteiger partial charge in [-0.2, -0.15) is 13.2 Å². The van der Waals surface area contributed by atoms with E-state index in [1.165, 1.54) is 29.0 Å². The average molecular weight is 599 g/mol. The van der Waals surface area contributed by atoms with Gasteiger partial charge in [-0.05, 0) is 75.2 Å². The number of fused-ring (bicyclic) bond motifs is 2. The Bertz CT molecular complexity index is 1420. The van der Waals surface area contributed by atoms with Crippen LogP contribution in [0.3, 0.4) is 0 Å². The van der Waals surface area contributed by atoms with Gasteiger partial charge in [-0.1, -0.05) is 17.4 Å². The molecule has 0 radical (unpaired) electrons. The highest BCUT2D eigenvalue weighted by Crippen LogP contribution is 2.49. The summed E-state index contributed by atoms with van der Waals surface area (Å²) >= 11 is 1.27. The Kier molecular flexibility index (Phi) is 8.92. The second-order valence-electron chi connectivity index (χ2n) is 9.98. The molecular formula is C27H30F4N4O5S. The van der Waals surface area contributed by atoms with E-state index in [4.69, 9.17) is 19.4 Å². The number of urea groups is 1. The number of nitrogens with one attached hydrogen (secondary N) is 2. The van der Waals surface area contributed by atoms with E-state index in [0.717, 1.165) is 43.7 Å². The van der Waals surface area contributed by atoms with E-state index in [0.29, 0.717) is 21.4 Å². The first kappa shape index (κ1) is 30.3. The standard InChI is InChI=1S/C25H29FN4O3S.C2HF3O2/c1-30-11-10-25(15-4-7-19(32-2)20(12-15)33-3)9-8-17(14-22(25)30)27-23(31)29-24-28-18-6-5-16(26)13-21(18)34-24;3-2(4,5)1(6)7/h4-7,12-13,17,22H,8-11,14H2,1-3H3,(H2,27,28,29,31);(H,6,7)/t17-,22+,25+;/m1./s1. The normalized spacial score (nSPS) is 22.3. The van der Waals surface area contributed by atoms with Crippen molar-refractivity contribution in [1.29, 1.82) is 0 Å². The van der Waals surface area contributed by atoms with Gasteiger partial charge in [0, 0.05) is 17.5 Å². The Labute approximate surface area is 237 Å². The Morgan fingerprint density at radius 3 is 2.49 bits per heavy atom. The van der Waals surface area contributed by atoms with Gasteiger partial charge in [-0.25, -0.2) is 19.0 Å². The minimum atomic E-state index is -5.08. The zero-order valence-corrected chi connectivity index (χ0v) is 23.4. The van der Waals surface area contributed by atoms with Gasteiger partial charge in [0.15, 0.2) is 16.6 Å². The minimum Gasteiger partial charge on any atom is -0.493 e. The van der Waals surface area contributed by atoms with Gasteiger partial charge >= 0.3 is 18.2 Å². The first-order valence-corrected chi connectivity index (χ1v) is 13.5. The van der Waals surface area contributed by atoms with Gasteiger partial charge in [0.1, 0.15) is 5.82 Å². The Morgan fingerprint density at radius 1 is 1.12 bits per heavy atom. The number of benzene rings is 2. The second kappa shape index (κ2) is 12.1. The monoisotopic (exact) mass is 598 g/mol. The summed E-state index contributed by atoms with van der Waals surface area (Å²) in [5.74, 6) is -1.59. The number of halogens is 4. The lowest BCUT2D eigenvalue weighted by atomic mass is 9.65. The molecule has 2 amide bonds. The summed E-state index contributed by atoms with van der Waals surface area (Å²) in [5, 5.41) is 13.6. The number of anilines is 1. The van der Waals surface area contributed by atoms with Crippen LogP contribution in [0.4, 0.5) is 27.5 Å². The van der Waals surface area contributed by atoms with Crippen LogP contribution in [-0.2, 0) is 10.2 Å². The van der Waals surface area contributed by atoms with Crippen LogP contribution in [0, 0.1) is 5.82 Å². The Hall–Kier alpha value is -3.65. The maximum absolute atomic E-state index is 13.5. The number of carbonyl (C=O) groups is 2. The first-order chi connectivity index (χ1) is 19.4. The highest BCUT2D eigenvalue weighted by molar-refractivity contribution is 7.22. The molecule has 2 aromatic carbocycles. The van der Waals surface area contributed by atoms with Crippen LogP contribution in [-0.4, -0.2) is 73.1 Å². The number of ether oxygens (including phenoxy) is 2. The van der Waals surface area contributed by atoms with Crippen molar-refractivity contribution in [3.63, 3.8) is 0 Å². The molecule has 1 saturated heterocycles. The van der Waals surface area contributed by atoms with Crippen LogP contribution < -0.4 is 20.1 Å². The zero-order valence-electron chi connectivity index (χ0n) is 22.5. The lowest BCUT2D eigenvalue weighted by Crippen LogP contribution is -2.52. The molecule has 1 aliphatic carbocycles. The van der Waals surface area contributed by atoms with Gasteiger partial charge in [-0.3, -0.25) is 5.32 Å². The summed E-state index contributed by atoms with van der Waals surface area (Å²) in [6.07, 6.45) is -1.28. The molecule has 1 aromatic heterocycles. The summed E-state index contributed by atoms with van der Waals surface area (Å²) < 4.78 is 56.9. The van der Waals surface area contributed by atoms with Crippen LogP contribution in [0.15, 0.2) is 36.4 Å². The van der Waals surface area contributed by atoms with Crippen LogP contribution in [0.5, 0.6) is 11.5 Å². The topological polar surface area (TPSA) is 113 Å². The number of nitrogens with zero attached hydrogens (tertiary/aromatic N) is 2. The number of likely N-dealkylation sites (tertiary alicyclic amines) is 1. The Morgan fingerprint density at radius 2 is 1.83 bits per heavy atom. The van der Waals surface area contributed by atoms with Crippen LogP contribution in [0.1, 0.15) is 31.2 Å². The smallest absolute Gasteiger partial charge is 0.490 e. The number of methoxy groups -OCH3 is 2. The highest BCUT2D eigenvalue weighted by Gasteiger charge is 2.50. The molecule has 222 valence electrons. The number of likely N-dealkylation sites (N-methyl/N-ethyl adjacent to an activating group) is 1. The summed E-state index contributed by atoms with van der Waals surface area (Å²) in [6, 6.07) is 10.8. The van der Waals surface area contributed by atoms with Gasteiger partial charge in [-0.15, -0.1) is 0 Å². The number of thiazole rings is 1. The van der Waals surface area contributed by atoms with E-state index in [1.54, 1.807) is 20.3 Å². The molecule has 1 saturated carbocycles. The van der Waals surface area contributed by atoms with Crippen molar-refractivity contribution in [3.8, 4) is 11.5 Å².